The van der Waals surface area contributed by atoms with Gasteiger partial charge in [0.1, 0.15) is 0 Å². The van der Waals surface area contributed by atoms with Gasteiger partial charge < -0.3 is 21.7 Å². The van der Waals surface area contributed by atoms with E-state index in [1.807, 2.05) is 24.3 Å². The van der Waals surface area contributed by atoms with Crippen LogP contribution in [0.2, 0.25) is 0 Å². The molecule has 5 N–H and O–H groups in total. The smallest absolute Gasteiger partial charge is 0.359 e. The largest absolute Gasteiger partial charge is 0.415 e. The van der Waals surface area contributed by atoms with Gasteiger partial charge in [-0.15, -0.1) is 9.24 Å². The van der Waals surface area contributed by atoms with Crippen LogP contribution in [-0.4, -0.2) is 19.1 Å². The Labute approximate surface area is 236 Å². The molecular formula is C31H36F3N4OP. The highest BCUT2D eigenvalue weighted by molar-refractivity contribution is 7.27. The van der Waals surface area contributed by atoms with E-state index in [1.54, 1.807) is 25.1 Å². The second-order valence-corrected chi connectivity index (χ2v) is 10.4. The molecule has 2 atom stereocenters. The summed E-state index contributed by atoms with van der Waals surface area (Å²) in [7, 11) is 2.75. The molecule has 5 nitrogen and oxygen atoms in total. The number of carbonyl (C=O) groups excluding carboxylic acids is 1. The lowest BCUT2D eigenvalue weighted by Gasteiger charge is -2.21. The Kier molecular flexibility index (Phi) is 11.5. The average molecular weight is 569 g/mol. The van der Waals surface area contributed by atoms with Crippen LogP contribution >= 0.6 is 9.24 Å². The summed E-state index contributed by atoms with van der Waals surface area (Å²) in [5.41, 5.74) is 9.81. The minimum atomic E-state index is -4.40. The molecule has 1 aliphatic carbocycles. The maximum atomic E-state index is 12.3. The molecule has 1 fully saturated rings. The van der Waals surface area contributed by atoms with Gasteiger partial charge in [0.05, 0.1) is 11.6 Å². The van der Waals surface area contributed by atoms with Crippen LogP contribution in [0.25, 0.3) is 0 Å². The second-order valence-electron chi connectivity index (χ2n) is 9.72. The number of hydrogen-bond donors (Lipinski definition) is 4. The van der Waals surface area contributed by atoms with Gasteiger partial charge in [-0.3, -0.25) is 4.79 Å². The van der Waals surface area contributed by atoms with Crippen molar-refractivity contribution in [3.8, 4) is 0 Å². The zero-order chi connectivity index (χ0) is 29.1. The van der Waals surface area contributed by atoms with Crippen LogP contribution in [0.5, 0.6) is 0 Å². The summed E-state index contributed by atoms with van der Waals surface area (Å²) in [6.45, 7) is 5.95. The van der Waals surface area contributed by atoms with E-state index in [0.717, 1.165) is 36.2 Å². The number of anilines is 2. The van der Waals surface area contributed by atoms with Gasteiger partial charge in [-0.2, -0.15) is 13.2 Å². The van der Waals surface area contributed by atoms with E-state index >= 15 is 0 Å². The van der Waals surface area contributed by atoms with Crippen LogP contribution in [0, 0.1) is 5.92 Å². The summed E-state index contributed by atoms with van der Waals surface area (Å²) in [5, 5.41) is 10.5. The number of nitrogens with one attached hydrogen (secondary N) is 3. The van der Waals surface area contributed by atoms with Crippen molar-refractivity contribution in [2.75, 3.05) is 17.2 Å². The van der Waals surface area contributed by atoms with Gasteiger partial charge >= 0.3 is 6.18 Å². The van der Waals surface area contributed by atoms with E-state index < -0.39 is 11.7 Å². The van der Waals surface area contributed by atoms with Crippen LogP contribution in [0.15, 0.2) is 96.7 Å². The Morgan fingerprint density at radius 2 is 1.70 bits per heavy atom. The SMILES string of the molecule is C=C(/C=C(/C)Nc1cccc(CN)c1)C(F)(F)F.O=CNc1cccc(C(NCC2CC2)c2cccc(P)c2)c1. The van der Waals surface area contributed by atoms with Crippen molar-refractivity contribution in [2.45, 2.75) is 38.5 Å². The number of hydrogen-bond acceptors (Lipinski definition) is 4. The maximum Gasteiger partial charge on any atom is 0.415 e. The lowest BCUT2D eigenvalue weighted by atomic mass is 9.98. The minimum absolute atomic E-state index is 0.148. The molecule has 1 saturated carbocycles. The molecule has 9 heteroatoms. The zero-order valence-electron chi connectivity index (χ0n) is 22.5. The summed E-state index contributed by atoms with van der Waals surface area (Å²) < 4.78 is 36.8. The van der Waals surface area contributed by atoms with Crippen LogP contribution in [0.3, 0.4) is 0 Å². The Bertz CT molecular complexity index is 1320. The number of rotatable bonds is 11. The third-order valence-electron chi connectivity index (χ3n) is 6.26. The molecule has 0 heterocycles. The molecular weight excluding hydrogens is 532 g/mol. The van der Waals surface area contributed by atoms with Gasteiger partial charge in [0.25, 0.3) is 0 Å². The first kappa shape index (κ1) is 31.1. The highest BCUT2D eigenvalue weighted by atomic mass is 31.0. The van der Waals surface area contributed by atoms with Crippen LogP contribution in [0.1, 0.15) is 42.5 Å². The maximum absolute atomic E-state index is 12.3. The van der Waals surface area contributed by atoms with Gasteiger partial charge in [0.15, 0.2) is 0 Å². The molecule has 0 aromatic heterocycles. The molecule has 0 spiro atoms. The molecule has 4 rings (SSSR count). The molecule has 0 aliphatic heterocycles. The highest BCUT2D eigenvalue weighted by Crippen LogP contribution is 2.31. The third-order valence-corrected chi connectivity index (χ3v) is 6.62. The monoisotopic (exact) mass is 568 g/mol. The molecule has 2 unspecified atom stereocenters. The van der Waals surface area contributed by atoms with Crippen molar-refractivity contribution in [2.24, 2.45) is 11.7 Å². The summed E-state index contributed by atoms with van der Waals surface area (Å²) in [5.74, 6) is 0.818. The first-order valence-corrected chi connectivity index (χ1v) is 13.6. The predicted molar refractivity (Wildman–Crippen MR) is 161 cm³/mol. The molecule has 40 heavy (non-hydrogen) atoms. The van der Waals surface area contributed by atoms with Gasteiger partial charge in [-0.25, -0.2) is 0 Å². The molecule has 3 aromatic carbocycles. The van der Waals surface area contributed by atoms with Gasteiger partial charge in [-0.1, -0.05) is 49.0 Å². The number of allylic oxidation sites excluding steroid dienone is 3. The van der Waals surface area contributed by atoms with Gasteiger partial charge in [0, 0.05) is 23.6 Å². The normalized spacial score (nSPS) is 14.0. The molecule has 3 aromatic rings. The van der Waals surface area contributed by atoms with Gasteiger partial charge in [0.2, 0.25) is 6.41 Å². The molecule has 1 aliphatic rings. The number of halogens is 3. The van der Waals surface area contributed by atoms with Crippen molar-refractivity contribution in [3.63, 3.8) is 0 Å². The van der Waals surface area contributed by atoms with E-state index in [4.69, 9.17) is 5.73 Å². The molecule has 0 bridgehead atoms. The molecule has 0 radical (unpaired) electrons. The first-order chi connectivity index (χ1) is 19.1. The summed E-state index contributed by atoms with van der Waals surface area (Å²) in [6.07, 6.45) is -0.0571. The highest BCUT2D eigenvalue weighted by Gasteiger charge is 2.30. The van der Waals surface area contributed by atoms with E-state index in [-0.39, 0.29) is 6.04 Å². The Hall–Kier alpha value is -3.45. The van der Waals surface area contributed by atoms with Crippen molar-refractivity contribution in [1.82, 2.24) is 5.32 Å². The van der Waals surface area contributed by atoms with E-state index in [0.29, 0.717) is 17.9 Å². The number of nitrogens with two attached hydrogens (primary N) is 1. The van der Waals surface area contributed by atoms with Crippen molar-refractivity contribution < 1.29 is 18.0 Å². The minimum Gasteiger partial charge on any atom is -0.359 e. The van der Waals surface area contributed by atoms with Gasteiger partial charge in [-0.05, 0) is 90.6 Å². The van der Waals surface area contributed by atoms with Crippen molar-refractivity contribution in [1.29, 1.82) is 0 Å². The topological polar surface area (TPSA) is 79.2 Å². The predicted octanol–water partition coefficient (Wildman–Crippen LogP) is 6.42. The Balaban J connectivity index is 0.000000226. The standard InChI is InChI=1S/C18H21N2OP.C13H15F3N2/c21-12-20-16-5-1-3-14(9-16)18(19-11-13-7-8-13)15-4-2-6-17(22)10-15;1-9(13(14,15)16)6-10(2)18-12-5-3-4-11(7-12)8-17/h1-6,9-10,12-13,18-19H,7-8,11,22H2,(H,20,21);3-7,18H,1,8,17H2,2H3/b;10-6-. The van der Waals surface area contributed by atoms with Crippen LogP contribution in [0.4, 0.5) is 24.5 Å². The number of amides is 1. The lowest BCUT2D eigenvalue weighted by molar-refractivity contribution is -0.105. The van der Waals surface area contributed by atoms with Crippen LogP contribution in [-0.2, 0) is 11.3 Å². The fourth-order valence-electron chi connectivity index (χ4n) is 4.03. The summed E-state index contributed by atoms with van der Waals surface area (Å²) in [6, 6.07) is 23.9. The van der Waals surface area contributed by atoms with E-state index in [1.165, 1.54) is 29.3 Å². The Morgan fingerprint density at radius 3 is 2.33 bits per heavy atom. The van der Waals surface area contributed by atoms with Crippen molar-refractivity contribution in [3.05, 3.63) is 113 Å². The second kappa shape index (κ2) is 14.8. The van der Waals surface area contributed by atoms with Crippen LogP contribution < -0.4 is 27.0 Å². The quantitative estimate of drug-likeness (QED) is 0.122. The summed E-state index contributed by atoms with van der Waals surface area (Å²) in [4.78, 5) is 10.7. The number of carbonyl (C=O) groups is 1. The summed E-state index contributed by atoms with van der Waals surface area (Å²) >= 11 is 0. The third kappa shape index (κ3) is 10.3. The lowest BCUT2D eigenvalue weighted by Crippen LogP contribution is -2.25. The number of alkyl halides is 3. The molecule has 1 amide bonds. The fourth-order valence-corrected chi connectivity index (χ4v) is 4.34. The zero-order valence-corrected chi connectivity index (χ0v) is 23.6. The fraction of sp³-hybridized carbons (Fsp3) is 0.258. The van der Waals surface area contributed by atoms with E-state index in [2.05, 4.69) is 62.1 Å². The Morgan fingerprint density at radius 1 is 1.05 bits per heavy atom. The molecule has 212 valence electrons. The first-order valence-electron chi connectivity index (χ1n) is 13.0. The van der Waals surface area contributed by atoms with Crippen molar-refractivity contribution >= 4 is 32.3 Å². The number of benzene rings is 3. The van der Waals surface area contributed by atoms with E-state index in [9.17, 15) is 18.0 Å². The molecule has 0 saturated heterocycles. The average Bonchev–Trinajstić information content (AvgIpc) is 3.74.